The lowest BCUT2D eigenvalue weighted by atomic mass is 9.95. The summed E-state index contributed by atoms with van der Waals surface area (Å²) in [5.74, 6) is 0. The Morgan fingerprint density at radius 1 is 0.556 bits per heavy atom. The second-order valence-corrected chi connectivity index (χ2v) is 11.8. The van der Waals surface area contributed by atoms with Gasteiger partial charge in [-0.1, -0.05) is 72.8 Å². The Hall–Kier alpha value is -5.59. The molecule has 0 spiro atoms. The highest BCUT2D eigenvalue weighted by Gasteiger charge is 2.27. The van der Waals surface area contributed by atoms with Crippen molar-refractivity contribution in [1.82, 2.24) is 0 Å². The standard InChI is InChI=1S/C42H35N3/c1-30-12-9-18-35(26-30)44(33-14-5-3-6-15-33)37-21-22-38-32(28-37)29-41-39(38)23-24-42(40(41)20-11-25-43)45(34-16-7-4-8-17-34)36-19-10-13-31(2)27-36/h3-10,12-19,21-24,26-28H,11,20,29H2,1-2H3. The van der Waals surface area contributed by atoms with Crippen molar-refractivity contribution in [3.05, 3.63) is 167 Å². The number of aryl methyl sites for hydroxylation is 2. The van der Waals surface area contributed by atoms with Gasteiger partial charge in [-0.05, 0) is 132 Å². The van der Waals surface area contributed by atoms with Crippen LogP contribution in [0.25, 0.3) is 11.1 Å². The van der Waals surface area contributed by atoms with E-state index in [2.05, 4.69) is 169 Å². The Labute approximate surface area is 266 Å². The van der Waals surface area contributed by atoms with E-state index in [4.69, 9.17) is 0 Å². The van der Waals surface area contributed by atoms with Crippen LogP contribution in [0.4, 0.5) is 34.1 Å². The van der Waals surface area contributed by atoms with Crippen LogP contribution >= 0.6 is 0 Å². The SMILES string of the molecule is Cc1cccc(N(c2ccccc2)c2ccc3c(c2)Cc2c-3ccc(N(c3ccccc3)c3cccc(C)c3)c2CCC#N)c1. The molecule has 0 amide bonds. The van der Waals surface area contributed by atoms with Crippen LogP contribution in [0, 0.1) is 25.2 Å². The van der Waals surface area contributed by atoms with Crippen molar-refractivity contribution in [1.29, 1.82) is 5.26 Å². The highest BCUT2D eigenvalue weighted by molar-refractivity contribution is 5.88. The third-order valence-corrected chi connectivity index (χ3v) is 8.69. The van der Waals surface area contributed by atoms with Gasteiger partial charge < -0.3 is 9.80 Å². The predicted octanol–water partition coefficient (Wildman–Crippen LogP) is 11.3. The number of nitriles is 1. The number of hydrogen-bond acceptors (Lipinski definition) is 3. The molecule has 0 unspecified atom stereocenters. The lowest BCUT2D eigenvalue weighted by Crippen LogP contribution is -2.13. The summed E-state index contributed by atoms with van der Waals surface area (Å²) in [4.78, 5) is 4.69. The van der Waals surface area contributed by atoms with Gasteiger partial charge in [0, 0.05) is 40.5 Å². The minimum Gasteiger partial charge on any atom is -0.310 e. The van der Waals surface area contributed by atoms with Crippen LogP contribution in [0.1, 0.15) is 34.2 Å². The Morgan fingerprint density at radius 2 is 1.11 bits per heavy atom. The Morgan fingerprint density at radius 3 is 1.73 bits per heavy atom. The Balaban J connectivity index is 1.35. The third kappa shape index (κ3) is 5.48. The first kappa shape index (κ1) is 28.2. The fourth-order valence-electron chi connectivity index (χ4n) is 6.69. The molecule has 7 rings (SSSR count). The van der Waals surface area contributed by atoms with Crippen LogP contribution < -0.4 is 9.80 Å². The molecular formula is C42H35N3. The summed E-state index contributed by atoms with van der Waals surface area (Å²) >= 11 is 0. The number of nitrogens with zero attached hydrogens (tertiary/aromatic N) is 3. The smallest absolute Gasteiger partial charge is 0.0625 e. The molecule has 0 aromatic heterocycles. The first-order valence-electron chi connectivity index (χ1n) is 15.6. The van der Waals surface area contributed by atoms with Gasteiger partial charge in [0.15, 0.2) is 0 Å². The van der Waals surface area contributed by atoms with E-state index < -0.39 is 0 Å². The van der Waals surface area contributed by atoms with E-state index in [1.54, 1.807) is 0 Å². The third-order valence-electron chi connectivity index (χ3n) is 8.69. The molecule has 0 saturated carbocycles. The number of fused-ring (bicyclic) bond motifs is 3. The van der Waals surface area contributed by atoms with Crippen molar-refractivity contribution in [2.24, 2.45) is 0 Å². The quantitative estimate of drug-likeness (QED) is 0.179. The summed E-state index contributed by atoms with van der Waals surface area (Å²) in [5, 5.41) is 9.71. The van der Waals surface area contributed by atoms with Gasteiger partial charge >= 0.3 is 0 Å². The van der Waals surface area contributed by atoms with Crippen molar-refractivity contribution < 1.29 is 0 Å². The van der Waals surface area contributed by atoms with Gasteiger partial charge in [0.1, 0.15) is 0 Å². The summed E-state index contributed by atoms with van der Waals surface area (Å²) in [6.07, 6.45) is 2.00. The van der Waals surface area contributed by atoms with Crippen LogP contribution in [0.3, 0.4) is 0 Å². The molecule has 45 heavy (non-hydrogen) atoms. The van der Waals surface area contributed by atoms with E-state index in [0.29, 0.717) is 12.8 Å². The maximum absolute atomic E-state index is 9.71. The number of rotatable bonds is 8. The van der Waals surface area contributed by atoms with Crippen LogP contribution in [0.15, 0.2) is 140 Å². The molecule has 0 aliphatic heterocycles. The first-order chi connectivity index (χ1) is 22.1. The Bertz CT molecular complexity index is 2020. The molecule has 0 fully saturated rings. The van der Waals surface area contributed by atoms with Gasteiger partial charge in [0.25, 0.3) is 0 Å². The zero-order chi connectivity index (χ0) is 30.8. The molecule has 0 radical (unpaired) electrons. The van der Waals surface area contributed by atoms with Crippen molar-refractivity contribution >= 4 is 34.1 Å². The van der Waals surface area contributed by atoms with Gasteiger partial charge in [-0.25, -0.2) is 0 Å². The molecule has 0 atom stereocenters. The lowest BCUT2D eigenvalue weighted by Gasteiger charge is -2.29. The highest BCUT2D eigenvalue weighted by Crippen LogP contribution is 2.47. The fourth-order valence-corrected chi connectivity index (χ4v) is 6.69. The fraction of sp³-hybridized carbons (Fsp3) is 0.119. The van der Waals surface area contributed by atoms with E-state index in [9.17, 15) is 5.26 Å². The van der Waals surface area contributed by atoms with Gasteiger partial charge in [-0.3, -0.25) is 0 Å². The van der Waals surface area contributed by atoms with Crippen LogP contribution in [0.2, 0.25) is 0 Å². The van der Waals surface area contributed by atoms with Gasteiger partial charge in [0.05, 0.1) is 6.07 Å². The van der Waals surface area contributed by atoms with E-state index in [0.717, 1.165) is 40.5 Å². The van der Waals surface area contributed by atoms with E-state index in [1.165, 1.54) is 38.9 Å². The molecule has 0 N–H and O–H groups in total. The summed E-state index contributed by atoms with van der Waals surface area (Å²) in [7, 11) is 0. The van der Waals surface area contributed by atoms with E-state index >= 15 is 0 Å². The molecule has 0 bridgehead atoms. The Kier molecular flexibility index (Phi) is 7.64. The molecule has 1 aliphatic rings. The van der Waals surface area contributed by atoms with Crippen molar-refractivity contribution in [3.63, 3.8) is 0 Å². The molecule has 6 aromatic rings. The topological polar surface area (TPSA) is 30.3 Å². The summed E-state index contributed by atoms with van der Waals surface area (Å²) in [5.41, 5.74) is 15.7. The van der Waals surface area contributed by atoms with Gasteiger partial charge in [-0.15, -0.1) is 0 Å². The molecule has 218 valence electrons. The highest BCUT2D eigenvalue weighted by atomic mass is 15.1. The molecule has 6 aromatic carbocycles. The zero-order valence-electron chi connectivity index (χ0n) is 25.7. The van der Waals surface area contributed by atoms with Crippen molar-refractivity contribution in [3.8, 4) is 17.2 Å². The van der Waals surface area contributed by atoms with Crippen LogP contribution in [-0.2, 0) is 12.8 Å². The van der Waals surface area contributed by atoms with Gasteiger partial charge in [0.2, 0.25) is 0 Å². The second kappa shape index (κ2) is 12.2. The van der Waals surface area contributed by atoms with E-state index in [-0.39, 0.29) is 0 Å². The number of benzene rings is 6. The zero-order valence-corrected chi connectivity index (χ0v) is 25.7. The lowest BCUT2D eigenvalue weighted by molar-refractivity contribution is 0.980. The van der Waals surface area contributed by atoms with Gasteiger partial charge in [-0.2, -0.15) is 5.26 Å². The predicted molar refractivity (Wildman–Crippen MR) is 187 cm³/mol. The monoisotopic (exact) mass is 581 g/mol. The van der Waals surface area contributed by atoms with E-state index in [1.807, 2.05) is 0 Å². The van der Waals surface area contributed by atoms with Crippen LogP contribution in [-0.4, -0.2) is 0 Å². The molecular weight excluding hydrogens is 546 g/mol. The maximum atomic E-state index is 9.71. The number of anilines is 6. The summed E-state index contributed by atoms with van der Waals surface area (Å²) in [6, 6.07) is 52.3. The first-order valence-corrected chi connectivity index (χ1v) is 15.6. The second-order valence-electron chi connectivity index (χ2n) is 11.8. The average Bonchev–Trinajstić information content (AvgIpc) is 3.44. The average molecular weight is 582 g/mol. The largest absolute Gasteiger partial charge is 0.310 e. The van der Waals surface area contributed by atoms with Crippen molar-refractivity contribution in [2.75, 3.05) is 9.80 Å². The minimum absolute atomic E-state index is 0.469. The minimum atomic E-state index is 0.469. The molecule has 0 saturated heterocycles. The summed E-state index contributed by atoms with van der Waals surface area (Å²) in [6.45, 7) is 4.28. The summed E-state index contributed by atoms with van der Waals surface area (Å²) < 4.78 is 0. The number of para-hydroxylation sites is 2. The maximum Gasteiger partial charge on any atom is 0.0625 e. The van der Waals surface area contributed by atoms with Crippen molar-refractivity contribution in [2.45, 2.75) is 33.1 Å². The molecule has 3 nitrogen and oxygen atoms in total. The normalized spacial score (nSPS) is 11.4. The molecule has 3 heteroatoms. The number of hydrogen-bond donors (Lipinski definition) is 0. The molecule has 0 heterocycles. The molecule has 1 aliphatic carbocycles. The van der Waals surface area contributed by atoms with Crippen LogP contribution in [0.5, 0.6) is 0 Å².